The van der Waals surface area contributed by atoms with Gasteiger partial charge in [0.2, 0.25) is 0 Å². The summed E-state index contributed by atoms with van der Waals surface area (Å²) in [6.07, 6.45) is 0. The molecule has 1 amide bonds. The van der Waals surface area contributed by atoms with Crippen LogP contribution in [0.2, 0.25) is 0 Å². The molecule has 1 N–H and O–H groups in total. The Balaban J connectivity index is 2.15. The zero-order valence-corrected chi connectivity index (χ0v) is 14.6. The van der Waals surface area contributed by atoms with Crippen LogP contribution in [0.15, 0.2) is 53.4 Å². The normalized spacial score (nSPS) is 11.2. The number of rotatable bonds is 7. The molecule has 0 atom stereocenters. The number of ether oxygens (including phenoxy) is 1. The lowest BCUT2D eigenvalue weighted by Crippen LogP contribution is -2.25. The fourth-order valence-electron chi connectivity index (χ4n) is 2.35. The van der Waals surface area contributed by atoms with Crippen LogP contribution in [0.1, 0.15) is 28.4 Å². The largest absolute Gasteiger partial charge is 0.380 e. The molecular formula is C18H21NO4S. The number of nitrogens with one attached hydrogen (secondary N) is 1. The van der Waals surface area contributed by atoms with Crippen molar-refractivity contribution < 1.29 is 17.9 Å². The van der Waals surface area contributed by atoms with Crippen LogP contribution in [-0.4, -0.2) is 27.2 Å². The monoisotopic (exact) mass is 347 g/mol. The van der Waals surface area contributed by atoms with Crippen molar-refractivity contribution in [2.75, 3.05) is 12.9 Å². The fourth-order valence-corrected chi connectivity index (χ4v) is 3.45. The molecule has 0 aliphatic carbocycles. The Morgan fingerprint density at radius 1 is 1.08 bits per heavy atom. The number of benzene rings is 2. The quantitative estimate of drug-likeness (QED) is 0.835. The van der Waals surface area contributed by atoms with Crippen LogP contribution in [0, 0.1) is 0 Å². The van der Waals surface area contributed by atoms with Crippen molar-refractivity contribution >= 4 is 15.7 Å². The van der Waals surface area contributed by atoms with Crippen molar-refractivity contribution in [1.29, 1.82) is 0 Å². The third-order valence-corrected chi connectivity index (χ3v) is 5.39. The minimum atomic E-state index is -3.45. The SMILES string of the molecule is CCS(=O)(=O)c1ccccc1C(=O)NCc1cccc(COC)c1. The lowest BCUT2D eigenvalue weighted by Gasteiger charge is -2.10. The van der Waals surface area contributed by atoms with Gasteiger partial charge in [0.05, 0.1) is 22.8 Å². The molecule has 0 aliphatic heterocycles. The molecule has 5 nitrogen and oxygen atoms in total. The number of hydrogen-bond donors (Lipinski definition) is 1. The predicted molar refractivity (Wildman–Crippen MR) is 92.5 cm³/mol. The summed E-state index contributed by atoms with van der Waals surface area (Å²) in [5.74, 6) is -0.448. The standard InChI is InChI=1S/C18H21NO4S/c1-3-24(21,22)17-10-5-4-9-16(17)18(20)19-12-14-7-6-8-15(11-14)13-23-2/h4-11H,3,12-13H2,1-2H3,(H,19,20). The van der Waals surface area contributed by atoms with Gasteiger partial charge in [-0.25, -0.2) is 8.42 Å². The fraction of sp³-hybridized carbons (Fsp3) is 0.278. The van der Waals surface area contributed by atoms with Crippen molar-refractivity contribution in [2.24, 2.45) is 0 Å². The number of sulfone groups is 1. The van der Waals surface area contributed by atoms with Crippen molar-refractivity contribution in [3.8, 4) is 0 Å². The minimum Gasteiger partial charge on any atom is -0.380 e. The summed E-state index contributed by atoms with van der Waals surface area (Å²) < 4.78 is 29.3. The summed E-state index contributed by atoms with van der Waals surface area (Å²) in [6.45, 7) is 2.38. The van der Waals surface area contributed by atoms with Gasteiger partial charge in [0.15, 0.2) is 9.84 Å². The summed E-state index contributed by atoms with van der Waals surface area (Å²) in [6, 6.07) is 13.9. The van der Waals surface area contributed by atoms with Crippen LogP contribution in [0.25, 0.3) is 0 Å². The van der Waals surface area contributed by atoms with E-state index in [1.807, 2.05) is 24.3 Å². The number of hydrogen-bond acceptors (Lipinski definition) is 4. The average Bonchev–Trinajstić information content (AvgIpc) is 2.60. The van der Waals surface area contributed by atoms with Crippen LogP contribution < -0.4 is 5.32 Å². The van der Waals surface area contributed by atoms with E-state index >= 15 is 0 Å². The van der Waals surface area contributed by atoms with Crippen LogP contribution in [0.5, 0.6) is 0 Å². The molecule has 6 heteroatoms. The van der Waals surface area contributed by atoms with Crippen molar-refractivity contribution in [3.05, 3.63) is 65.2 Å². The van der Waals surface area contributed by atoms with Gasteiger partial charge in [0.25, 0.3) is 5.91 Å². The second-order valence-electron chi connectivity index (χ2n) is 5.34. The van der Waals surface area contributed by atoms with Crippen molar-refractivity contribution in [3.63, 3.8) is 0 Å². The van der Waals surface area contributed by atoms with E-state index in [2.05, 4.69) is 5.32 Å². The van der Waals surface area contributed by atoms with Gasteiger partial charge in [-0.1, -0.05) is 43.3 Å². The number of carbonyl (C=O) groups excluding carboxylic acids is 1. The molecule has 0 radical (unpaired) electrons. The molecule has 0 aliphatic rings. The number of amides is 1. The smallest absolute Gasteiger partial charge is 0.252 e. The van der Waals surface area contributed by atoms with Gasteiger partial charge in [-0.05, 0) is 23.3 Å². The molecule has 0 heterocycles. The molecule has 0 spiro atoms. The van der Waals surface area contributed by atoms with Gasteiger partial charge in [-0.3, -0.25) is 4.79 Å². The van der Waals surface area contributed by atoms with E-state index in [9.17, 15) is 13.2 Å². The van der Waals surface area contributed by atoms with E-state index in [4.69, 9.17) is 4.74 Å². The highest BCUT2D eigenvalue weighted by Gasteiger charge is 2.20. The molecular weight excluding hydrogens is 326 g/mol. The second kappa shape index (κ2) is 8.08. The Hall–Kier alpha value is -2.18. The highest BCUT2D eigenvalue weighted by atomic mass is 32.2. The Morgan fingerprint density at radius 3 is 2.50 bits per heavy atom. The minimum absolute atomic E-state index is 0.0453. The van der Waals surface area contributed by atoms with Gasteiger partial charge >= 0.3 is 0 Å². The molecule has 0 saturated heterocycles. The first-order chi connectivity index (χ1) is 11.5. The molecule has 2 aromatic rings. The second-order valence-corrected chi connectivity index (χ2v) is 7.58. The van der Waals surface area contributed by atoms with Crippen LogP contribution >= 0.6 is 0 Å². The molecule has 128 valence electrons. The van der Waals surface area contributed by atoms with E-state index in [1.165, 1.54) is 12.1 Å². The average molecular weight is 347 g/mol. The maximum Gasteiger partial charge on any atom is 0.252 e. The first kappa shape index (κ1) is 18.2. The van der Waals surface area contributed by atoms with Crippen molar-refractivity contribution in [2.45, 2.75) is 25.0 Å². The van der Waals surface area contributed by atoms with E-state index in [1.54, 1.807) is 26.2 Å². The van der Waals surface area contributed by atoms with E-state index < -0.39 is 15.7 Å². The summed E-state index contributed by atoms with van der Waals surface area (Å²) in [7, 11) is -1.82. The highest BCUT2D eigenvalue weighted by Crippen LogP contribution is 2.17. The number of methoxy groups -OCH3 is 1. The molecule has 0 fully saturated rings. The third-order valence-electron chi connectivity index (χ3n) is 3.60. The zero-order chi connectivity index (χ0) is 17.6. The van der Waals surface area contributed by atoms with Crippen LogP contribution in [-0.2, 0) is 27.7 Å². The first-order valence-electron chi connectivity index (χ1n) is 7.64. The Kier molecular flexibility index (Phi) is 6.11. The molecule has 0 saturated carbocycles. The van der Waals surface area contributed by atoms with Crippen LogP contribution in [0.3, 0.4) is 0 Å². The summed E-state index contributed by atoms with van der Waals surface area (Å²) in [5, 5.41) is 2.78. The predicted octanol–water partition coefficient (Wildman–Crippen LogP) is 2.56. The Bertz CT molecular complexity index is 815. The van der Waals surface area contributed by atoms with Gasteiger partial charge in [-0.2, -0.15) is 0 Å². The lowest BCUT2D eigenvalue weighted by molar-refractivity contribution is 0.0947. The third kappa shape index (κ3) is 4.43. The van der Waals surface area contributed by atoms with Gasteiger partial charge < -0.3 is 10.1 Å². The van der Waals surface area contributed by atoms with Crippen LogP contribution in [0.4, 0.5) is 0 Å². The molecule has 0 unspecified atom stereocenters. The molecule has 0 bridgehead atoms. The van der Waals surface area contributed by atoms with E-state index in [-0.39, 0.29) is 16.2 Å². The summed E-state index contributed by atoms with van der Waals surface area (Å²) in [5.41, 5.74) is 2.11. The molecule has 2 aromatic carbocycles. The van der Waals surface area contributed by atoms with Gasteiger partial charge in [0, 0.05) is 13.7 Å². The summed E-state index contributed by atoms with van der Waals surface area (Å²) >= 11 is 0. The van der Waals surface area contributed by atoms with E-state index in [0.29, 0.717) is 13.2 Å². The van der Waals surface area contributed by atoms with Gasteiger partial charge in [-0.15, -0.1) is 0 Å². The Labute approximate surface area is 142 Å². The van der Waals surface area contributed by atoms with E-state index in [0.717, 1.165) is 11.1 Å². The maximum atomic E-state index is 12.4. The zero-order valence-electron chi connectivity index (χ0n) is 13.8. The molecule has 24 heavy (non-hydrogen) atoms. The van der Waals surface area contributed by atoms with Gasteiger partial charge in [0.1, 0.15) is 0 Å². The van der Waals surface area contributed by atoms with Crippen molar-refractivity contribution in [1.82, 2.24) is 5.32 Å². The lowest BCUT2D eigenvalue weighted by atomic mass is 10.1. The topological polar surface area (TPSA) is 72.5 Å². The summed E-state index contributed by atoms with van der Waals surface area (Å²) in [4.78, 5) is 12.5. The highest BCUT2D eigenvalue weighted by molar-refractivity contribution is 7.91. The molecule has 2 rings (SSSR count). The maximum absolute atomic E-state index is 12.4. The molecule has 0 aromatic heterocycles. The Morgan fingerprint density at radius 2 is 1.79 bits per heavy atom. The number of carbonyl (C=O) groups is 1. The first-order valence-corrected chi connectivity index (χ1v) is 9.30.